The predicted molar refractivity (Wildman–Crippen MR) is 207 cm³/mol. The van der Waals surface area contributed by atoms with Gasteiger partial charge < -0.3 is 14.2 Å². The molecule has 5 nitrogen and oxygen atoms in total. The SMILES string of the molecule is CC(C)(C)c1cccc(-n2c3ccccc3c3ccc(C(C)(C)[n+]4[c-]n(-c5cc(C(C)(C)C)cc(C(C)(C)C)c5O)c5ccccc54)nc32)c1. The summed E-state index contributed by atoms with van der Waals surface area (Å²) < 4.78 is 6.52. The standard InChI is InChI=1S/C45H50N4O/c1-42(2,3)29-17-16-18-31(25-29)49-35-20-13-12-19-32(35)33-23-24-39(46-41(33)49)45(10,11)48-28-47(36-21-14-15-22-37(36)48)38-27-30(43(4,5)6)26-34(40(38)50)44(7,8)9/h12-27,50H,1-11H3. The van der Waals surface area contributed by atoms with Crippen molar-refractivity contribution >= 4 is 33.0 Å². The highest BCUT2D eigenvalue weighted by Crippen LogP contribution is 2.41. The van der Waals surface area contributed by atoms with E-state index >= 15 is 0 Å². The van der Waals surface area contributed by atoms with Crippen molar-refractivity contribution in [1.29, 1.82) is 0 Å². The zero-order valence-corrected chi connectivity index (χ0v) is 31.5. The third kappa shape index (κ3) is 5.48. The highest BCUT2D eigenvalue weighted by molar-refractivity contribution is 6.07. The van der Waals surface area contributed by atoms with Crippen molar-refractivity contribution < 1.29 is 9.67 Å². The van der Waals surface area contributed by atoms with E-state index in [1.54, 1.807) is 0 Å². The number of fused-ring (bicyclic) bond motifs is 4. The first-order chi connectivity index (χ1) is 23.4. The molecule has 0 bridgehead atoms. The fourth-order valence-electron chi connectivity index (χ4n) is 7.12. The summed E-state index contributed by atoms with van der Waals surface area (Å²) in [7, 11) is 0. The van der Waals surface area contributed by atoms with Gasteiger partial charge in [0.2, 0.25) is 6.33 Å². The summed E-state index contributed by atoms with van der Waals surface area (Å²) in [5, 5.41) is 14.2. The van der Waals surface area contributed by atoms with E-state index in [-0.39, 0.29) is 22.0 Å². The Kier molecular flexibility index (Phi) is 7.60. The molecule has 0 aliphatic heterocycles. The number of nitrogens with zero attached hydrogens (tertiary/aromatic N) is 4. The summed E-state index contributed by atoms with van der Waals surface area (Å²) in [6, 6.07) is 34.4. The lowest BCUT2D eigenvalue weighted by Gasteiger charge is -2.28. The van der Waals surface area contributed by atoms with E-state index in [9.17, 15) is 5.11 Å². The molecular weight excluding hydrogens is 613 g/mol. The van der Waals surface area contributed by atoms with Crippen molar-refractivity contribution in [2.24, 2.45) is 0 Å². The largest absolute Gasteiger partial charge is 0.513 e. The molecule has 50 heavy (non-hydrogen) atoms. The van der Waals surface area contributed by atoms with Gasteiger partial charge in [0.05, 0.1) is 27.9 Å². The first-order valence-electron chi connectivity index (χ1n) is 17.7. The minimum atomic E-state index is -0.600. The lowest BCUT2D eigenvalue weighted by Crippen LogP contribution is -2.53. The van der Waals surface area contributed by atoms with Gasteiger partial charge in [-0.05, 0) is 77.1 Å². The fourth-order valence-corrected chi connectivity index (χ4v) is 7.12. The summed E-state index contributed by atoms with van der Waals surface area (Å²) in [6.07, 6.45) is 3.71. The molecule has 7 aromatic rings. The highest BCUT2D eigenvalue weighted by Gasteiger charge is 2.33. The Hall–Kier alpha value is -4.90. The van der Waals surface area contributed by atoms with Crippen LogP contribution in [0.1, 0.15) is 98.5 Å². The molecule has 0 saturated heterocycles. The lowest BCUT2D eigenvalue weighted by molar-refractivity contribution is -0.728. The molecule has 0 atom stereocenters. The molecule has 3 aromatic heterocycles. The van der Waals surface area contributed by atoms with Gasteiger partial charge >= 0.3 is 0 Å². The zero-order chi connectivity index (χ0) is 36.0. The van der Waals surface area contributed by atoms with Crippen LogP contribution in [0.5, 0.6) is 5.75 Å². The first-order valence-corrected chi connectivity index (χ1v) is 17.7. The van der Waals surface area contributed by atoms with Gasteiger partial charge in [0.1, 0.15) is 16.9 Å². The zero-order valence-electron chi connectivity index (χ0n) is 31.5. The predicted octanol–water partition coefficient (Wildman–Crippen LogP) is 10.6. The van der Waals surface area contributed by atoms with Crippen LogP contribution in [0.2, 0.25) is 0 Å². The van der Waals surface area contributed by atoms with Crippen LogP contribution in [-0.2, 0) is 21.8 Å². The molecule has 0 spiro atoms. The molecule has 256 valence electrons. The number of aromatic nitrogens is 4. The second-order valence-corrected chi connectivity index (χ2v) is 17.4. The van der Waals surface area contributed by atoms with Crippen LogP contribution in [-0.4, -0.2) is 19.2 Å². The molecule has 3 heterocycles. The number of hydrogen-bond donors (Lipinski definition) is 1. The fraction of sp³-hybridized carbons (Fsp3) is 0.333. The van der Waals surface area contributed by atoms with Gasteiger partial charge in [-0.2, -0.15) is 0 Å². The summed E-state index contributed by atoms with van der Waals surface area (Å²) in [4.78, 5) is 5.49. The topological polar surface area (TPSA) is 46.9 Å². The molecule has 0 saturated carbocycles. The van der Waals surface area contributed by atoms with Gasteiger partial charge in [0.25, 0.3) is 0 Å². The van der Waals surface area contributed by atoms with Crippen LogP contribution >= 0.6 is 0 Å². The first kappa shape index (κ1) is 33.6. The third-order valence-corrected chi connectivity index (χ3v) is 10.2. The quantitative estimate of drug-likeness (QED) is 0.151. The molecule has 0 radical (unpaired) electrons. The Morgan fingerprint density at radius 2 is 1.28 bits per heavy atom. The minimum absolute atomic E-state index is 0.0184. The Labute approximate surface area is 296 Å². The van der Waals surface area contributed by atoms with Crippen LogP contribution in [0.3, 0.4) is 0 Å². The van der Waals surface area contributed by atoms with Crippen molar-refractivity contribution in [2.45, 2.75) is 97.9 Å². The van der Waals surface area contributed by atoms with Crippen LogP contribution in [0.4, 0.5) is 0 Å². The number of rotatable bonds is 4. The number of para-hydroxylation sites is 3. The molecule has 4 aromatic carbocycles. The maximum Gasteiger partial charge on any atom is 0.245 e. The molecule has 0 aliphatic carbocycles. The number of phenols is 1. The maximum atomic E-state index is 11.9. The van der Waals surface area contributed by atoms with E-state index in [0.717, 1.165) is 50.2 Å². The second kappa shape index (κ2) is 11.3. The maximum absolute atomic E-state index is 11.9. The summed E-state index contributed by atoms with van der Waals surface area (Å²) in [6.45, 7) is 24.3. The van der Waals surface area contributed by atoms with Crippen molar-refractivity contribution in [3.8, 4) is 17.1 Å². The van der Waals surface area contributed by atoms with Gasteiger partial charge in [0, 0.05) is 16.5 Å². The smallest absolute Gasteiger partial charge is 0.245 e. The lowest BCUT2D eigenvalue weighted by atomic mass is 9.79. The molecule has 7 rings (SSSR count). The normalized spacial score (nSPS) is 13.2. The van der Waals surface area contributed by atoms with E-state index in [1.165, 1.54) is 16.5 Å². The highest BCUT2D eigenvalue weighted by atomic mass is 16.3. The van der Waals surface area contributed by atoms with E-state index in [0.29, 0.717) is 0 Å². The number of pyridine rings is 1. The van der Waals surface area contributed by atoms with Crippen LogP contribution in [0.25, 0.3) is 44.3 Å². The Morgan fingerprint density at radius 1 is 0.620 bits per heavy atom. The average Bonchev–Trinajstić information content (AvgIpc) is 3.60. The van der Waals surface area contributed by atoms with Gasteiger partial charge in [-0.3, -0.25) is 4.57 Å². The summed E-state index contributed by atoms with van der Waals surface area (Å²) in [5.74, 6) is 0.286. The second-order valence-electron chi connectivity index (χ2n) is 17.4. The van der Waals surface area contributed by atoms with Gasteiger partial charge in [-0.1, -0.05) is 129 Å². The van der Waals surface area contributed by atoms with E-state index < -0.39 is 5.54 Å². The van der Waals surface area contributed by atoms with Crippen molar-refractivity contribution in [3.63, 3.8) is 0 Å². The molecule has 0 fully saturated rings. The van der Waals surface area contributed by atoms with Crippen molar-refractivity contribution in [2.75, 3.05) is 0 Å². The number of phenolic OH excluding ortho intramolecular Hbond substituents is 1. The van der Waals surface area contributed by atoms with Gasteiger partial charge in [-0.25, -0.2) is 4.98 Å². The molecule has 1 N–H and O–H groups in total. The van der Waals surface area contributed by atoms with Gasteiger partial charge in [-0.15, -0.1) is 0 Å². The Bertz CT molecular complexity index is 2420. The molecule has 0 aliphatic rings. The molecular formula is C45H50N4O. The van der Waals surface area contributed by atoms with Crippen molar-refractivity contribution in [3.05, 3.63) is 126 Å². The Morgan fingerprint density at radius 3 is 1.96 bits per heavy atom. The number of hydrogen-bond acceptors (Lipinski definition) is 2. The van der Waals surface area contributed by atoms with Crippen LogP contribution in [0.15, 0.2) is 97.1 Å². The van der Waals surface area contributed by atoms with E-state index in [2.05, 4.69) is 183 Å². The molecule has 5 heteroatoms. The molecule has 0 unspecified atom stereocenters. The molecule has 0 amide bonds. The van der Waals surface area contributed by atoms with E-state index in [4.69, 9.17) is 4.98 Å². The number of aromatic hydroxyl groups is 1. The Balaban J connectivity index is 1.46. The van der Waals surface area contributed by atoms with Crippen molar-refractivity contribution in [1.82, 2.24) is 14.1 Å². The minimum Gasteiger partial charge on any atom is -0.513 e. The van der Waals surface area contributed by atoms with Crippen LogP contribution < -0.4 is 4.57 Å². The summed E-state index contributed by atoms with van der Waals surface area (Å²) in [5.41, 5.74) is 9.24. The van der Waals surface area contributed by atoms with Gasteiger partial charge in [0.15, 0.2) is 0 Å². The number of benzene rings is 4. The number of imidazole rings is 1. The average molecular weight is 663 g/mol. The van der Waals surface area contributed by atoms with E-state index in [1.807, 2.05) is 10.6 Å². The summed E-state index contributed by atoms with van der Waals surface area (Å²) >= 11 is 0. The van der Waals surface area contributed by atoms with Crippen LogP contribution in [0, 0.1) is 6.33 Å². The third-order valence-electron chi connectivity index (χ3n) is 10.2. The monoisotopic (exact) mass is 662 g/mol.